The molecule has 0 saturated carbocycles. The second-order valence-electron chi connectivity index (χ2n) is 8.64. The van der Waals surface area contributed by atoms with E-state index in [4.69, 9.17) is 11.6 Å². The van der Waals surface area contributed by atoms with Gasteiger partial charge in [0.15, 0.2) is 15.3 Å². The summed E-state index contributed by atoms with van der Waals surface area (Å²) in [5.41, 5.74) is 4.15. The normalized spacial score (nSPS) is 13.8. The van der Waals surface area contributed by atoms with Crippen molar-refractivity contribution < 1.29 is 9.50 Å². The van der Waals surface area contributed by atoms with Crippen molar-refractivity contribution >= 4 is 50.8 Å². The minimum Gasteiger partial charge on any atom is -0.377 e. The van der Waals surface area contributed by atoms with Crippen LogP contribution in [0.3, 0.4) is 0 Å². The molecule has 0 bridgehead atoms. The van der Waals surface area contributed by atoms with E-state index in [-0.39, 0.29) is 5.82 Å². The summed E-state index contributed by atoms with van der Waals surface area (Å²) in [7, 11) is 0. The summed E-state index contributed by atoms with van der Waals surface area (Å²) < 4.78 is 13.7. The number of anilines is 1. The van der Waals surface area contributed by atoms with Crippen molar-refractivity contribution in [1.29, 1.82) is 0 Å². The van der Waals surface area contributed by atoms with Gasteiger partial charge in [-0.2, -0.15) is 0 Å². The van der Waals surface area contributed by atoms with Crippen LogP contribution in [0.5, 0.6) is 0 Å². The van der Waals surface area contributed by atoms with Gasteiger partial charge in [-0.15, -0.1) is 0 Å². The fourth-order valence-electron chi connectivity index (χ4n) is 3.96. The summed E-state index contributed by atoms with van der Waals surface area (Å²) in [4.78, 5) is 21.6. The molecule has 0 radical (unpaired) electrons. The number of nitrogens with one attached hydrogen (secondary N) is 1. The number of pyridine rings is 1. The van der Waals surface area contributed by atoms with Crippen molar-refractivity contribution in [2.45, 2.75) is 23.5 Å². The van der Waals surface area contributed by atoms with Gasteiger partial charge in [0, 0.05) is 53.1 Å². The third-order valence-electron chi connectivity index (χ3n) is 5.86. The number of nitrogens with zero attached hydrogens (tertiary/aromatic N) is 5. The van der Waals surface area contributed by atoms with Crippen molar-refractivity contribution in [2.75, 3.05) is 5.32 Å². The maximum atomic E-state index is 14.9. The Balaban J connectivity index is 1.51. The van der Waals surface area contributed by atoms with Crippen LogP contribution in [0.1, 0.15) is 31.3 Å². The third-order valence-corrected chi connectivity index (χ3v) is 6.63. The van der Waals surface area contributed by atoms with Gasteiger partial charge in [-0.3, -0.25) is 4.98 Å². The van der Waals surface area contributed by atoms with Crippen molar-refractivity contribution in [3.63, 3.8) is 0 Å². The first-order valence-electron chi connectivity index (χ1n) is 11.4. The van der Waals surface area contributed by atoms with E-state index in [0.29, 0.717) is 33.5 Å². The molecular weight excluding hydrogens is 606 g/mol. The largest absolute Gasteiger partial charge is 0.377 e. The molecule has 2 aromatic carbocycles. The first kappa shape index (κ1) is 25.4. The van der Waals surface area contributed by atoms with Crippen LogP contribution in [0.2, 0.25) is 5.02 Å². The Morgan fingerprint density at radius 3 is 2.35 bits per heavy atom. The van der Waals surface area contributed by atoms with Crippen LogP contribution in [0.15, 0.2) is 73.4 Å². The predicted molar refractivity (Wildman–Crippen MR) is 151 cm³/mol. The summed E-state index contributed by atoms with van der Waals surface area (Å²) in [6.07, 6.45) is 8.20. The molecule has 3 heterocycles. The van der Waals surface area contributed by atoms with E-state index >= 15 is 0 Å². The van der Waals surface area contributed by atoms with Crippen molar-refractivity contribution in [3.8, 4) is 22.5 Å². The quantitative estimate of drug-likeness (QED) is 0.160. The van der Waals surface area contributed by atoms with Gasteiger partial charge < -0.3 is 10.4 Å². The molecule has 0 amide bonds. The zero-order chi connectivity index (χ0) is 26.2. The van der Waals surface area contributed by atoms with Gasteiger partial charge in [0.1, 0.15) is 5.82 Å². The first-order valence-corrected chi connectivity index (χ1v) is 12.8. The van der Waals surface area contributed by atoms with Crippen molar-refractivity contribution in [1.82, 2.24) is 24.9 Å². The van der Waals surface area contributed by atoms with Crippen LogP contribution in [0.25, 0.3) is 33.4 Å². The number of rotatable bonds is 6. The number of fused-ring (bicyclic) bond motifs is 1. The lowest BCUT2D eigenvalue weighted by atomic mass is 10.0. The summed E-state index contributed by atoms with van der Waals surface area (Å²) >= 11 is 8.46. The zero-order valence-electron chi connectivity index (χ0n) is 19.8. The summed E-state index contributed by atoms with van der Waals surface area (Å²) in [5, 5.41) is 14.7. The van der Waals surface area contributed by atoms with E-state index < -0.39 is 9.65 Å². The number of aromatic nitrogens is 5. The number of alkyl halides is 1. The number of halogens is 3. The van der Waals surface area contributed by atoms with Crippen LogP contribution >= 0.6 is 34.2 Å². The van der Waals surface area contributed by atoms with Crippen molar-refractivity contribution in [2.24, 2.45) is 0 Å². The van der Waals surface area contributed by atoms with E-state index in [0.717, 1.165) is 22.0 Å². The van der Waals surface area contributed by atoms with Crippen LogP contribution in [0, 0.1) is 5.82 Å². The average Bonchev–Trinajstić information content (AvgIpc) is 2.90. The molecule has 7 nitrogen and oxygen atoms in total. The summed E-state index contributed by atoms with van der Waals surface area (Å²) in [6.45, 7) is 3.49. The Morgan fingerprint density at radius 2 is 1.65 bits per heavy atom. The molecule has 1 unspecified atom stereocenters. The summed E-state index contributed by atoms with van der Waals surface area (Å²) in [5.74, 6) is 0.493. The van der Waals surface area contributed by atoms with Crippen LogP contribution in [-0.4, -0.2) is 30.0 Å². The predicted octanol–water partition coefficient (Wildman–Crippen LogP) is 6.71. The van der Waals surface area contributed by atoms with Gasteiger partial charge in [-0.25, -0.2) is 24.3 Å². The molecule has 10 heteroatoms. The molecule has 3 aromatic heterocycles. The zero-order valence-corrected chi connectivity index (χ0v) is 22.7. The van der Waals surface area contributed by atoms with E-state index in [1.807, 2.05) is 47.7 Å². The molecular formula is C27H21ClFIN6O. The summed E-state index contributed by atoms with van der Waals surface area (Å²) in [6, 6.07) is 11.9. The lowest BCUT2D eigenvalue weighted by Crippen LogP contribution is -2.15. The Labute approximate surface area is 231 Å². The smallest absolute Gasteiger partial charge is 0.172 e. The highest BCUT2D eigenvalue weighted by atomic mass is 127. The standard InChI is InChI=1S/C27H21ClFIN6O/c1-15(19-11-17(4-6-22(19)29)25-31-8-3-9-32-25)36-24-20-10-16(5-7-23(20)33-14-21(24)28)18-12-34-26(35-13-18)27(2,30)37/h3-15,37H,1-2H3,(H,33,36)/t15-,27?/m1/s1. The molecule has 0 aliphatic heterocycles. The minimum absolute atomic E-state index is 0.323. The van der Waals surface area contributed by atoms with Crippen LogP contribution in [0.4, 0.5) is 10.1 Å². The van der Waals surface area contributed by atoms with Gasteiger partial charge in [0.05, 0.1) is 22.3 Å². The minimum atomic E-state index is -1.16. The Morgan fingerprint density at radius 1 is 0.946 bits per heavy atom. The van der Waals surface area contributed by atoms with E-state index in [1.165, 1.54) is 6.07 Å². The monoisotopic (exact) mass is 626 g/mol. The highest BCUT2D eigenvalue weighted by Gasteiger charge is 2.22. The molecule has 0 saturated heterocycles. The maximum absolute atomic E-state index is 14.9. The highest BCUT2D eigenvalue weighted by Crippen LogP contribution is 2.36. The van der Waals surface area contributed by atoms with Gasteiger partial charge in [-0.05, 0) is 78.4 Å². The van der Waals surface area contributed by atoms with Crippen LogP contribution < -0.4 is 5.32 Å². The molecule has 0 spiro atoms. The Kier molecular flexibility index (Phi) is 7.02. The Bertz CT molecular complexity index is 1580. The molecule has 0 fully saturated rings. The number of hydrogen-bond acceptors (Lipinski definition) is 7. The molecule has 0 aliphatic rings. The van der Waals surface area contributed by atoms with Gasteiger partial charge in [-0.1, -0.05) is 17.7 Å². The van der Waals surface area contributed by atoms with Crippen LogP contribution in [-0.2, 0) is 3.61 Å². The van der Waals surface area contributed by atoms with E-state index in [9.17, 15) is 9.50 Å². The molecule has 2 atom stereocenters. The number of benzene rings is 2. The molecule has 37 heavy (non-hydrogen) atoms. The third kappa shape index (κ3) is 5.39. The Hall–Kier alpha value is -3.28. The second kappa shape index (κ2) is 10.2. The van der Waals surface area contributed by atoms with E-state index in [2.05, 4.69) is 30.2 Å². The fourth-order valence-corrected chi connectivity index (χ4v) is 4.45. The lowest BCUT2D eigenvalue weighted by Gasteiger charge is -2.20. The van der Waals surface area contributed by atoms with Gasteiger partial charge >= 0.3 is 0 Å². The second-order valence-corrected chi connectivity index (χ2v) is 11.1. The van der Waals surface area contributed by atoms with Crippen molar-refractivity contribution in [3.05, 3.63) is 95.7 Å². The fraction of sp³-hybridized carbons (Fsp3) is 0.148. The molecule has 0 aliphatic carbocycles. The topological polar surface area (TPSA) is 96.7 Å². The first-order chi connectivity index (χ1) is 17.7. The van der Waals surface area contributed by atoms with E-state index in [1.54, 1.807) is 56.1 Å². The maximum Gasteiger partial charge on any atom is 0.172 e. The van der Waals surface area contributed by atoms with Gasteiger partial charge in [0.25, 0.3) is 0 Å². The number of aliphatic hydroxyl groups is 1. The molecule has 186 valence electrons. The highest BCUT2D eigenvalue weighted by molar-refractivity contribution is 14.1. The SMILES string of the molecule is C[C@@H](Nc1c(Cl)cnc2ccc(-c3cnc(C(C)(O)I)nc3)cc12)c1cc(-c2ncccn2)ccc1F. The molecule has 5 rings (SSSR count). The number of hydrogen-bond donors (Lipinski definition) is 2. The lowest BCUT2D eigenvalue weighted by molar-refractivity contribution is 0.168. The molecule has 2 N–H and O–H groups in total. The van der Waals surface area contributed by atoms with Gasteiger partial charge in [0.2, 0.25) is 0 Å². The molecule has 5 aromatic rings. The average molecular weight is 627 g/mol.